The van der Waals surface area contributed by atoms with Gasteiger partial charge in [-0.25, -0.2) is 8.42 Å². The maximum atomic E-state index is 11.5. The van der Waals surface area contributed by atoms with Crippen molar-refractivity contribution in [3.63, 3.8) is 0 Å². The zero-order valence-electron chi connectivity index (χ0n) is 10.8. The van der Waals surface area contributed by atoms with Gasteiger partial charge in [-0.2, -0.15) is 5.10 Å². The van der Waals surface area contributed by atoms with Crippen LogP contribution < -0.4 is 0 Å². The van der Waals surface area contributed by atoms with Crippen LogP contribution in [0.2, 0.25) is 0 Å². The van der Waals surface area contributed by atoms with Gasteiger partial charge in [0.1, 0.15) is 6.54 Å². The van der Waals surface area contributed by atoms with Crippen molar-refractivity contribution < 1.29 is 8.42 Å². The van der Waals surface area contributed by atoms with Gasteiger partial charge in [-0.15, -0.1) is 10.2 Å². The molecule has 0 atom stereocenters. The molecule has 0 aliphatic heterocycles. The molecule has 2 rings (SSSR count). The Kier molecular flexibility index (Phi) is 3.40. The van der Waals surface area contributed by atoms with Crippen molar-refractivity contribution in [1.82, 2.24) is 24.5 Å². The molecular formula is C10H14ClN5O2S. The molecule has 0 aliphatic carbocycles. The summed E-state index contributed by atoms with van der Waals surface area (Å²) in [6.45, 7) is 5.89. The molecule has 0 aliphatic rings. The van der Waals surface area contributed by atoms with Crippen LogP contribution in [0.25, 0.3) is 0 Å². The molecule has 0 radical (unpaired) electrons. The van der Waals surface area contributed by atoms with Gasteiger partial charge in [-0.05, 0) is 26.8 Å². The Morgan fingerprint density at radius 2 is 2.00 bits per heavy atom. The van der Waals surface area contributed by atoms with Gasteiger partial charge in [0.05, 0.1) is 0 Å². The minimum absolute atomic E-state index is 0.246. The van der Waals surface area contributed by atoms with Gasteiger partial charge in [-0.3, -0.25) is 9.25 Å². The predicted octanol–water partition coefficient (Wildman–Crippen LogP) is 1.21. The molecule has 2 heterocycles. The normalized spacial score (nSPS) is 12.8. The van der Waals surface area contributed by atoms with Crippen LogP contribution in [0.1, 0.15) is 26.6 Å². The second-order valence-electron chi connectivity index (χ2n) is 5.05. The summed E-state index contributed by atoms with van der Waals surface area (Å²) in [6.07, 6.45) is 3.40. The predicted molar refractivity (Wildman–Crippen MR) is 69.4 cm³/mol. The van der Waals surface area contributed by atoms with Gasteiger partial charge in [0.15, 0.2) is 5.82 Å². The van der Waals surface area contributed by atoms with Crippen molar-refractivity contribution in [1.29, 1.82) is 0 Å². The van der Waals surface area contributed by atoms with E-state index in [1.54, 1.807) is 23.1 Å². The molecule has 19 heavy (non-hydrogen) atoms. The van der Waals surface area contributed by atoms with Crippen LogP contribution in [0.5, 0.6) is 0 Å². The van der Waals surface area contributed by atoms with E-state index in [0.29, 0.717) is 12.4 Å². The quantitative estimate of drug-likeness (QED) is 0.796. The molecular weight excluding hydrogens is 290 g/mol. The molecule has 2 aromatic rings. The summed E-state index contributed by atoms with van der Waals surface area (Å²) >= 11 is 0. The van der Waals surface area contributed by atoms with E-state index in [9.17, 15) is 8.42 Å². The monoisotopic (exact) mass is 303 g/mol. The van der Waals surface area contributed by atoms with Gasteiger partial charge in [0, 0.05) is 28.6 Å². The molecule has 9 heteroatoms. The topological polar surface area (TPSA) is 82.7 Å². The van der Waals surface area contributed by atoms with Crippen molar-refractivity contribution in [2.24, 2.45) is 0 Å². The van der Waals surface area contributed by atoms with Crippen LogP contribution in [0.15, 0.2) is 23.6 Å². The molecule has 0 N–H and O–H groups in total. The molecule has 0 saturated carbocycles. The van der Waals surface area contributed by atoms with E-state index in [0.717, 1.165) is 0 Å². The van der Waals surface area contributed by atoms with Gasteiger partial charge >= 0.3 is 0 Å². The first-order valence-electron chi connectivity index (χ1n) is 5.56. The lowest BCUT2D eigenvalue weighted by molar-refractivity contribution is 0.346. The SMILES string of the molecule is CC(C)(C)n1c(Cn2cccn2)nnc1S(=O)(=O)Cl. The highest BCUT2D eigenvalue weighted by molar-refractivity contribution is 8.13. The maximum absolute atomic E-state index is 11.5. The van der Waals surface area contributed by atoms with E-state index in [4.69, 9.17) is 10.7 Å². The minimum atomic E-state index is -3.94. The van der Waals surface area contributed by atoms with Crippen LogP contribution >= 0.6 is 10.7 Å². The average molecular weight is 304 g/mol. The first-order valence-corrected chi connectivity index (χ1v) is 7.87. The lowest BCUT2D eigenvalue weighted by atomic mass is 10.1. The smallest absolute Gasteiger partial charge is 0.294 e. The molecule has 0 bridgehead atoms. The van der Waals surface area contributed by atoms with Crippen LogP contribution in [0.3, 0.4) is 0 Å². The van der Waals surface area contributed by atoms with Crippen LogP contribution in [-0.4, -0.2) is 33.0 Å². The van der Waals surface area contributed by atoms with Gasteiger partial charge in [-0.1, -0.05) is 0 Å². The Labute approximate surface area is 115 Å². The summed E-state index contributed by atoms with van der Waals surface area (Å²) in [7, 11) is 1.45. The fourth-order valence-electron chi connectivity index (χ4n) is 1.77. The second kappa shape index (κ2) is 4.61. The number of halogens is 1. The summed E-state index contributed by atoms with van der Waals surface area (Å²) in [5.41, 5.74) is -0.511. The largest absolute Gasteiger partial charge is 0.296 e. The molecule has 7 nitrogen and oxygen atoms in total. The zero-order valence-corrected chi connectivity index (χ0v) is 12.4. The Balaban J connectivity index is 2.54. The molecule has 104 valence electrons. The van der Waals surface area contributed by atoms with E-state index in [-0.39, 0.29) is 5.16 Å². The van der Waals surface area contributed by atoms with Crippen molar-refractivity contribution in [3.8, 4) is 0 Å². The fraction of sp³-hybridized carbons (Fsp3) is 0.500. The molecule has 0 spiro atoms. The molecule has 0 unspecified atom stereocenters. The third-order valence-corrected chi connectivity index (χ3v) is 3.57. The van der Waals surface area contributed by atoms with E-state index >= 15 is 0 Å². The van der Waals surface area contributed by atoms with Crippen molar-refractivity contribution in [2.75, 3.05) is 0 Å². The molecule has 0 saturated heterocycles. The van der Waals surface area contributed by atoms with Gasteiger partial charge in [0.2, 0.25) is 0 Å². The standard InChI is InChI=1S/C10H14ClN5O2S/c1-10(2,3)16-8(7-15-6-4-5-12-15)13-14-9(16)19(11,17)18/h4-6H,7H2,1-3H3. The van der Waals surface area contributed by atoms with Crippen LogP contribution in [0, 0.1) is 0 Å². The van der Waals surface area contributed by atoms with E-state index in [1.807, 2.05) is 20.8 Å². The summed E-state index contributed by atoms with van der Waals surface area (Å²) in [4.78, 5) is 0. The summed E-state index contributed by atoms with van der Waals surface area (Å²) in [5.74, 6) is 0.482. The lowest BCUT2D eigenvalue weighted by Gasteiger charge is -2.23. The maximum Gasteiger partial charge on any atom is 0.296 e. The first kappa shape index (κ1) is 14.0. The Morgan fingerprint density at radius 3 is 2.47 bits per heavy atom. The third-order valence-electron chi connectivity index (χ3n) is 2.45. The Morgan fingerprint density at radius 1 is 1.32 bits per heavy atom. The number of nitrogens with zero attached hydrogens (tertiary/aromatic N) is 5. The Hall–Kier alpha value is -1.41. The highest BCUT2D eigenvalue weighted by Crippen LogP contribution is 2.24. The number of rotatable bonds is 3. The summed E-state index contributed by atoms with van der Waals surface area (Å²) < 4.78 is 26.2. The zero-order chi connectivity index (χ0) is 14.3. The van der Waals surface area contributed by atoms with Crippen molar-refractivity contribution in [2.45, 2.75) is 38.0 Å². The van der Waals surface area contributed by atoms with E-state index < -0.39 is 14.6 Å². The van der Waals surface area contributed by atoms with Crippen LogP contribution in [-0.2, 0) is 21.1 Å². The number of hydrogen-bond acceptors (Lipinski definition) is 5. The van der Waals surface area contributed by atoms with E-state index in [1.165, 1.54) is 4.57 Å². The second-order valence-corrected chi connectivity index (χ2v) is 7.51. The van der Waals surface area contributed by atoms with Crippen molar-refractivity contribution >= 4 is 19.7 Å². The average Bonchev–Trinajstić information content (AvgIpc) is 2.84. The third kappa shape index (κ3) is 2.95. The first-order chi connectivity index (χ1) is 8.69. The highest BCUT2D eigenvalue weighted by Gasteiger charge is 2.29. The number of hydrogen-bond donors (Lipinski definition) is 0. The van der Waals surface area contributed by atoms with Crippen molar-refractivity contribution in [3.05, 3.63) is 24.3 Å². The van der Waals surface area contributed by atoms with Crippen LogP contribution in [0.4, 0.5) is 0 Å². The molecule has 0 amide bonds. The fourth-order valence-corrected chi connectivity index (χ4v) is 2.81. The molecule has 0 fully saturated rings. The minimum Gasteiger partial charge on any atom is -0.294 e. The molecule has 0 aromatic carbocycles. The van der Waals surface area contributed by atoms with E-state index in [2.05, 4.69) is 15.3 Å². The molecule has 2 aromatic heterocycles. The lowest BCUT2D eigenvalue weighted by Crippen LogP contribution is -2.28. The van der Waals surface area contributed by atoms with Gasteiger partial charge < -0.3 is 0 Å². The van der Waals surface area contributed by atoms with Gasteiger partial charge in [0.25, 0.3) is 14.2 Å². The number of aromatic nitrogens is 5. The summed E-state index contributed by atoms with van der Waals surface area (Å²) in [6, 6.07) is 1.77. The Bertz CT molecular complexity index is 669. The summed E-state index contributed by atoms with van der Waals surface area (Å²) in [5, 5.41) is 11.4. The highest BCUT2D eigenvalue weighted by atomic mass is 35.7.